The molecule has 2 aromatic heterocycles. The molecule has 110 valence electrons. The molecule has 0 spiro atoms. The molecule has 0 aliphatic heterocycles. The summed E-state index contributed by atoms with van der Waals surface area (Å²) in [7, 11) is 1.47. The van der Waals surface area contributed by atoms with Gasteiger partial charge in [0.15, 0.2) is 5.69 Å². The number of anilines is 1. The maximum atomic E-state index is 11.5. The van der Waals surface area contributed by atoms with Crippen LogP contribution in [0.4, 0.5) is 11.6 Å². The Morgan fingerprint density at radius 2 is 2.29 bits per heavy atom. The Morgan fingerprint density at radius 3 is 2.90 bits per heavy atom. The number of nitrogens with one attached hydrogen (secondary N) is 2. The normalized spacial score (nSPS) is 10.2. The molecular formula is C11H13N7O3. The van der Waals surface area contributed by atoms with Crippen LogP contribution in [0.3, 0.4) is 0 Å². The van der Waals surface area contributed by atoms with Gasteiger partial charge in [0.05, 0.1) is 4.92 Å². The standard InChI is InChI=1S/C11H13N7O3/c1-3-13-11-14-6-8(18(20)21)9(15-11)17-5-4-7(16-17)10(19)12-2/h4-6H,3H2,1-2H3,(H,12,19)(H,13,14,15). The molecule has 0 aromatic carbocycles. The summed E-state index contributed by atoms with van der Waals surface area (Å²) in [5, 5.41) is 20.3. The zero-order chi connectivity index (χ0) is 15.4. The van der Waals surface area contributed by atoms with Gasteiger partial charge in [-0.3, -0.25) is 14.9 Å². The van der Waals surface area contributed by atoms with Crippen LogP contribution in [0.15, 0.2) is 18.5 Å². The zero-order valence-corrected chi connectivity index (χ0v) is 11.4. The Bertz CT molecular complexity index is 682. The predicted molar refractivity (Wildman–Crippen MR) is 73.4 cm³/mol. The van der Waals surface area contributed by atoms with E-state index in [-0.39, 0.29) is 23.1 Å². The molecule has 0 aliphatic rings. The number of rotatable bonds is 5. The lowest BCUT2D eigenvalue weighted by Gasteiger charge is -2.05. The number of nitrogens with zero attached hydrogens (tertiary/aromatic N) is 5. The van der Waals surface area contributed by atoms with E-state index in [9.17, 15) is 14.9 Å². The van der Waals surface area contributed by atoms with Crippen molar-refractivity contribution in [3.8, 4) is 5.82 Å². The Morgan fingerprint density at radius 1 is 1.52 bits per heavy atom. The SMILES string of the molecule is CCNc1ncc([N+](=O)[O-])c(-n2ccc(C(=O)NC)n2)n1. The molecule has 1 amide bonds. The lowest BCUT2D eigenvalue weighted by molar-refractivity contribution is -0.385. The third kappa shape index (κ3) is 2.94. The number of amides is 1. The van der Waals surface area contributed by atoms with Crippen molar-refractivity contribution < 1.29 is 9.72 Å². The molecule has 2 heterocycles. The Balaban J connectivity index is 2.49. The quantitative estimate of drug-likeness (QED) is 0.601. The van der Waals surface area contributed by atoms with E-state index in [1.807, 2.05) is 6.92 Å². The first-order valence-corrected chi connectivity index (χ1v) is 6.10. The second-order valence-electron chi connectivity index (χ2n) is 3.91. The van der Waals surface area contributed by atoms with Crippen molar-refractivity contribution in [1.29, 1.82) is 0 Å². The number of carbonyl (C=O) groups excluding carboxylic acids is 1. The molecule has 0 atom stereocenters. The largest absolute Gasteiger partial charge is 0.354 e. The van der Waals surface area contributed by atoms with Gasteiger partial charge >= 0.3 is 5.69 Å². The third-order valence-corrected chi connectivity index (χ3v) is 2.55. The molecule has 2 aromatic rings. The fourth-order valence-electron chi connectivity index (χ4n) is 1.60. The van der Waals surface area contributed by atoms with Gasteiger partial charge in [0.25, 0.3) is 5.91 Å². The van der Waals surface area contributed by atoms with Crippen LogP contribution in [0.25, 0.3) is 5.82 Å². The highest BCUT2D eigenvalue weighted by Gasteiger charge is 2.20. The molecule has 21 heavy (non-hydrogen) atoms. The minimum atomic E-state index is -0.605. The number of nitro groups is 1. The monoisotopic (exact) mass is 291 g/mol. The van der Waals surface area contributed by atoms with Crippen molar-refractivity contribution >= 4 is 17.5 Å². The maximum Gasteiger partial charge on any atom is 0.332 e. The van der Waals surface area contributed by atoms with E-state index in [1.54, 1.807) is 0 Å². The minimum Gasteiger partial charge on any atom is -0.354 e. The van der Waals surface area contributed by atoms with Crippen molar-refractivity contribution in [2.45, 2.75) is 6.92 Å². The predicted octanol–water partition coefficient (Wildman–Crippen LogP) is 0.362. The van der Waals surface area contributed by atoms with Gasteiger partial charge in [-0.1, -0.05) is 0 Å². The summed E-state index contributed by atoms with van der Waals surface area (Å²) < 4.78 is 1.17. The molecule has 10 nitrogen and oxygen atoms in total. The summed E-state index contributed by atoms with van der Waals surface area (Å²) in [4.78, 5) is 29.8. The van der Waals surface area contributed by atoms with Crippen LogP contribution >= 0.6 is 0 Å². The van der Waals surface area contributed by atoms with Crippen LogP contribution in [0, 0.1) is 10.1 Å². The first kappa shape index (κ1) is 14.4. The summed E-state index contributed by atoms with van der Waals surface area (Å²) in [5.74, 6) is -0.159. The molecule has 0 bridgehead atoms. The van der Waals surface area contributed by atoms with Crippen molar-refractivity contribution in [1.82, 2.24) is 25.1 Å². The molecule has 0 fully saturated rings. The van der Waals surface area contributed by atoms with E-state index in [2.05, 4.69) is 25.7 Å². The van der Waals surface area contributed by atoms with E-state index in [0.717, 1.165) is 6.20 Å². The van der Waals surface area contributed by atoms with Crippen molar-refractivity contribution in [2.24, 2.45) is 0 Å². The van der Waals surface area contributed by atoms with Crippen LogP contribution in [0.1, 0.15) is 17.4 Å². The van der Waals surface area contributed by atoms with E-state index >= 15 is 0 Å². The van der Waals surface area contributed by atoms with Gasteiger partial charge in [0.2, 0.25) is 11.8 Å². The highest BCUT2D eigenvalue weighted by molar-refractivity contribution is 5.91. The number of carbonyl (C=O) groups is 1. The average Bonchev–Trinajstić information content (AvgIpc) is 2.96. The van der Waals surface area contributed by atoms with Crippen LogP contribution in [0.5, 0.6) is 0 Å². The van der Waals surface area contributed by atoms with E-state index in [0.29, 0.717) is 6.54 Å². The summed E-state index contributed by atoms with van der Waals surface area (Å²) in [6.07, 6.45) is 2.53. The summed E-state index contributed by atoms with van der Waals surface area (Å²) in [6.45, 7) is 2.42. The second-order valence-corrected chi connectivity index (χ2v) is 3.91. The van der Waals surface area contributed by atoms with Crippen molar-refractivity contribution in [3.63, 3.8) is 0 Å². The highest BCUT2D eigenvalue weighted by Crippen LogP contribution is 2.20. The molecule has 0 saturated heterocycles. The van der Waals surface area contributed by atoms with Gasteiger partial charge in [-0.15, -0.1) is 0 Å². The highest BCUT2D eigenvalue weighted by atomic mass is 16.6. The first-order chi connectivity index (χ1) is 10.1. The zero-order valence-electron chi connectivity index (χ0n) is 11.4. The molecule has 0 unspecified atom stereocenters. The van der Waals surface area contributed by atoms with Gasteiger partial charge in [-0.05, 0) is 13.0 Å². The fourth-order valence-corrected chi connectivity index (χ4v) is 1.60. The second kappa shape index (κ2) is 5.94. The topological polar surface area (TPSA) is 128 Å². The van der Waals surface area contributed by atoms with Gasteiger partial charge in [0.1, 0.15) is 6.20 Å². The fraction of sp³-hybridized carbons (Fsp3) is 0.273. The molecular weight excluding hydrogens is 278 g/mol. The number of aromatic nitrogens is 4. The third-order valence-electron chi connectivity index (χ3n) is 2.55. The molecule has 0 radical (unpaired) electrons. The summed E-state index contributed by atoms with van der Waals surface area (Å²) in [5.41, 5.74) is -0.168. The average molecular weight is 291 g/mol. The molecule has 2 rings (SSSR count). The lowest BCUT2D eigenvalue weighted by Crippen LogP contribution is -2.18. The lowest BCUT2D eigenvalue weighted by atomic mass is 10.4. The van der Waals surface area contributed by atoms with Crippen molar-refractivity contribution in [3.05, 3.63) is 34.3 Å². The maximum absolute atomic E-state index is 11.5. The number of hydrogen-bond acceptors (Lipinski definition) is 7. The Labute approximate surface area is 119 Å². The molecule has 2 N–H and O–H groups in total. The van der Waals surface area contributed by atoms with Crippen molar-refractivity contribution in [2.75, 3.05) is 18.9 Å². The van der Waals surface area contributed by atoms with Gasteiger partial charge in [-0.25, -0.2) is 9.67 Å². The van der Waals surface area contributed by atoms with Gasteiger partial charge in [-0.2, -0.15) is 10.1 Å². The van der Waals surface area contributed by atoms with Gasteiger partial charge < -0.3 is 10.6 Å². The summed E-state index contributed by atoms with van der Waals surface area (Å²) in [6, 6.07) is 1.44. The minimum absolute atomic E-state index is 0.0129. The molecule has 0 saturated carbocycles. The Kier molecular flexibility index (Phi) is 4.07. The van der Waals surface area contributed by atoms with Crippen LogP contribution < -0.4 is 10.6 Å². The first-order valence-electron chi connectivity index (χ1n) is 6.10. The Hall–Kier alpha value is -3.04. The van der Waals surface area contributed by atoms with Crippen LogP contribution in [-0.2, 0) is 0 Å². The molecule has 10 heteroatoms. The van der Waals surface area contributed by atoms with Crippen LogP contribution in [0.2, 0.25) is 0 Å². The van der Waals surface area contributed by atoms with Gasteiger partial charge in [0, 0.05) is 19.8 Å². The molecule has 0 aliphatic carbocycles. The van der Waals surface area contributed by atoms with E-state index in [4.69, 9.17) is 0 Å². The van der Waals surface area contributed by atoms with E-state index in [1.165, 1.54) is 24.0 Å². The number of hydrogen-bond donors (Lipinski definition) is 2. The smallest absolute Gasteiger partial charge is 0.332 e. The summed E-state index contributed by atoms with van der Waals surface area (Å²) >= 11 is 0. The van der Waals surface area contributed by atoms with E-state index < -0.39 is 10.8 Å². The van der Waals surface area contributed by atoms with Crippen LogP contribution in [-0.4, -0.2) is 44.2 Å².